The fourth-order valence-corrected chi connectivity index (χ4v) is 1.93. The van der Waals surface area contributed by atoms with E-state index in [0.717, 1.165) is 18.8 Å². The van der Waals surface area contributed by atoms with E-state index in [9.17, 15) is 0 Å². The fourth-order valence-electron chi connectivity index (χ4n) is 1.93. The molecule has 0 aliphatic carbocycles. The standard InChI is InChI=1S/C12H21N3/c1-12(2,3)10-7-15-8-11(14)9(10)5-4-6-13/h4-6,10,13,15H,7-8,14H2,1-3H3/b5-4-,13-6?. The van der Waals surface area contributed by atoms with Crippen molar-refractivity contribution in [2.45, 2.75) is 20.8 Å². The molecule has 3 nitrogen and oxygen atoms in total. The fraction of sp³-hybridized carbons (Fsp3) is 0.583. The molecule has 1 rings (SSSR count). The van der Waals surface area contributed by atoms with Crippen molar-refractivity contribution < 1.29 is 0 Å². The minimum absolute atomic E-state index is 0.194. The van der Waals surface area contributed by atoms with Crippen molar-refractivity contribution in [1.29, 1.82) is 5.41 Å². The van der Waals surface area contributed by atoms with Gasteiger partial charge in [0.05, 0.1) is 0 Å². The Hall–Kier alpha value is -1.09. The molecule has 0 saturated heterocycles. The van der Waals surface area contributed by atoms with Gasteiger partial charge in [-0.1, -0.05) is 26.8 Å². The van der Waals surface area contributed by atoms with Crippen LogP contribution < -0.4 is 11.1 Å². The number of hydrogen-bond donors (Lipinski definition) is 3. The summed E-state index contributed by atoms with van der Waals surface area (Å²) in [4.78, 5) is 0. The molecule has 0 saturated carbocycles. The third-order valence-electron chi connectivity index (χ3n) is 2.83. The van der Waals surface area contributed by atoms with Gasteiger partial charge in [-0.15, -0.1) is 0 Å². The number of nitrogens with two attached hydrogens (primary N) is 1. The second-order valence-electron chi connectivity index (χ2n) is 5.06. The lowest BCUT2D eigenvalue weighted by Gasteiger charge is -2.36. The van der Waals surface area contributed by atoms with Gasteiger partial charge in [0.2, 0.25) is 0 Å². The highest BCUT2D eigenvalue weighted by molar-refractivity contribution is 5.68. The van der Waals surface area contributed by atoms with Crippen LogP contribution in [0.15, 0.2) is 23.4 Å². The Balaban J connectivity index is 3.01. The molecule has 1 unspecified atom stereocenters. The van der Waals surface area contributed by atoms with Crippen molar-refractivity contribution in [3.8, 4) is 0 Å². The number of nitrogens with one attached hydrogen (secondary N) is 2. The van der Waals surface area contributed by atoms with E-state index >= 15 is 0 Å². The van der Waals surface area contributed by atoms with E-state index < -0.39 is 0 Å². The van der Waals surface area contributed by atoms with Crippen LogP contribution >= 0.6 is 0 Å². The summed E-state index contributed by atoms with van der Waals surface area (Å²) in [6, 6.07) is 0. The van der Waals surface area contributed by atoms with Crippen molar-refractivity contribution in [2.24, 2.45) is 17.1 Å². The highest BCUT2D eigenvalue weighted by atomic mass is 14.9. The largest absolute Gasteiger partial charge is 0.401 e. The smallest absolute Gasteiger partial charge is 0.0355 e. The molecule has 0 aromatic heterocycles. The van der Waals surface area contributed by atoms with Gasteiger partial charge in [0.1, 0.15) is 0 Å². The SMILES string of the molecule is CC(C)(C)C1CNCC(N)=C1/C=C\C=N. The van der Waals surface area contributed by atoms with E-state index in [1.54, 1.807) is 6.08 Å². The zero-order valence-corrected chi connectivity index (χ0v) is 9.80. The lowest BCUT2D eigenvalue weighted by Crippen LogP contribution is -2.40. The maximum Gasteiger partial charge on any atom is 0.0355 e. The number of hydrogen-bond acceptors (Lipinski definition) is 3. The summed E-state index contributed by atoms with van der Waals surface area (Å²) in [7, 11) is 0. The third kappa shape index (κ3) is 2.93. The molecule has 0 amide bonds. The molecule has 1 aliphatic rings. The summed E-state index contributed by atoms with van der Waals surface area (Å²) in [6.07, 6.45) is 5.01. The first-order chi connectivity index (χ1) is 6.96. The third-order valence-corrected chi connectivity index (χ3v) is 2.83. The van der Waals surface area contributed by atoms with E-state index in [0.29, 0.717) is 5.92 Å². The Labute approximate surface area is 91.9 Å². The minimum Gasteiger partial charge on any atom is -0.401 e. The van der Waals surface area contributed by atoms with Gasteiger partial charge < -0.3 is 16.5 Å². The second kappa shape index (κ2) is 4.62. The van der Waals surface area contributed by atoms with E-state index in [1.165, 1.54) is 11.8 Å². The van der Waals surface area contributed by atoms with Crippen molar-refractivity contribution in [3.05, 3.63) is 23.4 Å². The Bertz CT molecular complexity index is 294. The lowest BCUT2D eigenvalue weighted by molar-refractivity contribution is 0.265. The highest BCUT2D eigenvalue weighted by Gasteiger charge is 2.30. The van der Waals surface area contributed by atoms with Crippen molar-refractivity contribution in [1.82, 2.24) is 5.32 Å². The summed E-state index contributed by atoms with van der Waals surface area (Å²) in [5, 5.41) is 10.3. The average molecular weight is 207 g/mol. The summed E-state index contributed by atoms with van der Waals surface area (Å²) >= 11 is 0. The summed E-state index contributed by atoms with van der Waals surface area (Å²) in [5.41, 5.74) is 8.28. The van der Waals surface area contributed by atoms with Gasteiger partial charge in [-0.2, -0.15) is 0 Å². The van der Waals surface area contributed by atoms with Gasteiger partial charge in [-0.05, 0) is 17.1 Å². The van der Waals surface area contributed by atoms with Crippen LogP contribution in [0.3, 0.4) is 0 Å². The van der Waals surface area contributed by atoms with E-state index in [-0.39, 0.29) is 5.41 Å². The molecule has 1 aliphatic heterocycles. The molecule has 0 aromatic carbocycles. The molecule has 1 heterocycles. The van der Waals surface area contributed by atoms with Gasteiger partial charge in [0.15, 0.2) is 0 Å². The molecule has 4 N–H and O–H groups in total. The summed E-state index contributed by atoms with van der Waals surface area (Å²) < 4.78 is 0. The zero-order valence-electron chi connectivity index (χ0n) is 9.80. The van der Waals surface area contributed by atoms with Crippen molar-refractivity contribution in [2.75, 3.05) is 13.1 Å². The van der Waals surface area contributed by atoms with Crippen LogP contribution in [-0.2, 0) is 0 Å². The Kier molecular flexibility index (Phi) is 3.69. The molecule has 0 bridgehead atoms. The average Bonchev–Trinajstić information content (AvgIpc) is 2.14. The first-order valence-corrected chi connectivity index (χ1v) is 5.33. The molecule has 84 valence electrons. The molecule has 3 heteroatoms. The number of allylic oxidation sites excluding steroid dienone is 2. The summed E-state index contributed by atoms with van der Waals surface area (Å²) in [6.45, 7) is 8.37. The van der Waals surface area contributed by atoms with E-state index in [2.05, 4.69) is 26.1 Å². The molecule has 0 aromatic rings. The van der Waals surface area contributed by atoms with E-state index in [1.807, 2.05) is 6.08 Å². The Morgan fingerprint density at radius 1 is 1.47 bits per heavy atom. The van der Waals surface area contributed by atoms with Gasteiger partial charge >= 0.3 is 0 Å². The van der Waals surface area contributed by atoms with Gasteiger partial charge in [-0.3, -0.25) is 0 Å². The van der Waals surface area contributed by atoms with E-state index in [4.69, 9.17) is 11.1 Å². The zero-order chi connectivity index (χ0) is 11.5. The van der Waals surface area contributed by atoms with Crippen molar-refractivity contribution >= 4 is 6.21 Å². The van der Waals surface area contributed by atoms with Crippen LogP contribution in [-0.4, -0.2) is 19.3 Å². The maximum absolute atomic E-state index is 7.02. The van der Waals surface area contributed by atoms with Gasteiger partial charge in [-0.25, -0.2) is 0 Å². The van der Waals surface area contributed by atoms with Crippen LogP contribution in [0.2, 0.25) is 0 Å². The maximum atomic E-state index is 7.02. The van der Waals surface area contributed by atoms with Crippen LogP contribution in [0.5, 0.6) is 0 Å². The highest BCUT2D eigenvalue weighted by Crippen LogP contribution is 2.34. The summed E-state index contributed by atoms with van der Waals surface area (Å²) in [5.74, 6) is 0.419. The topological polar surface area (TPSA) is 61.9 Å². The van der Waals surface area contributed by atoms with Crippen molar-refractivity contribution in [3.63, 3.8) is 0 Å². The molecule has 1 atom stereocenters. The van der Waals surface area contributed by atoms with Gasteiger partial charge in [0.25, 0.3) is 0 Å². The first-order valence-electron chi connectivity index (χ1n) is 5.33. The molecule has 0 radical (unpaired) electrons. The number of rotatable bonds is 2. The monoisotopic (exact) mass is 207 g/mol. The van der Waals surface area contributed by atoms with Crippen LogP contribution in [0.1, 0.15) is 20.8 Å². The minimum atomic E-state index is 0.194. The molecular weight excluding hydrogens is 186 g/mol. The lowest BCUT2D eigenvalue weighted by atomic mass is 9.74. The second-order valence-corrected chi connectivity index (χ2v) is 5.06. The molecule has 0 spiro atoms. The predicted octanol–water partition coefficient (Wildman–Crippen LogP) is 1.67. The van der Waals surface area contributed by atoms with Crippen LogP contribution in [0, 0.1) is 16.7 Å². The Morgan fingerprint density at radius 2 is 2.13 bits per heavy atom. The first kappa shape index (κ1) is 12.0. The normalized spacial score (nSPS) is 23.5. The molecular formula is C12H21N3. The van der Waals surface area contributed by atoms with Gasteiger partial charge in [0, 0.05) is 30.9 Å². The van der Waals surface area contributed by atoms with Crippen LogP contribution in [0.4, 0.5) is 0 Å². The quantitative estimate of drug-likeness (QED) is 0.603. The molecule has 15 heavy (non-hydrogen) atoms. The van der Waals surface area contributed by atoms with Crippen LogP contribution in [0.25, 0.3) is 0 Å². The Morgan fingerprint density at radius 3 is 2.67 bits per heavy atom. The predicted molar refractivity (Wildman–Crippen MR) is 65.0 cm³/mol. The molecule has 0 fully saturated rings.